The van der Waals surface area contributed by atoms with Crippen molar-refractivity contribution in [3.8, 4) is 0 Å². The summed E-state index contributed by atoms with van der Waals surface area (Å²) in [6.45, 7) is 11.3. The van der Waals surface area contributed by atoms with Crippen LogP contribution in [0, 0.1) is 5.41 Å². The lowest BCUT2D eigenvalue weighted by Gasteiger charge is -2.25. The number of anilines is 1. The normalized spacial score (nSPS) is 18.6. The molecule has 2 aromatic rings. The molecule has 2 heterocycles. The summed E-state index contributed by atoms with van der Waals surface area (Å²) >= 11 is 1.26. The van der Waals surface area contributed by atoms with Gasteiger partial charge in [0.25, 0.3) is 20.2 Å². The van der Waals surface area contributed by atoms with Crippen molar-refractivity contribution in [2.45, 2.75) is 61.7 Å². The molecule has 5 N–H and O–H groups in total. The number of nitrogens with two attached hydrogens (primary N) is 1. The minimum atomic E-state index is -4.38. The van der Waals surface area contributed by atoms with Crippen molar-refractivity contribution in [2.75, 3.05) is 23.7 Å². The molecule has 0 atom stereocenters. The van der Waals surface area contributed by atoms with Gasteiger partial charge in [0.05, 0.1) is 15.2 Å². The fourth-order valence-corrected chi connectivity index (χ4v) is 7.35. The molecule has 0 bridgehead atoms. The Morgan fingerprint density at radius 3 is 2.17 bits per heavy atom. The summed E-state index contributed by atoms with van der Waals surface area (Å²) in [5, 5.41) is 7.54. The molecule has 2 aromatic carbocycles. The zero-order chi connectivity index (χ0) is 31.3. The standard InChI is InChI=1S/C29H36N4O6S3/c1-6-32-23-13-11-19(41(34,35)36)17-21(23)28(2,3)25(32)9-7-10-26-29(4,5)22-18-20(42(37,38)39)12-14-24(22)33(26)15-8-16-40-27(30)31/h7,9-14,17-18H,6,8,15-16H2,1-5H3,(H4-,30,31,34,35,36,37,38,39)/p+1. The van der Waals surface area contributed by atoms with E-state index < -0.39 is 31.1 Å². The van der Waals surface area contributed by atoms with E-state index >= 15 is 0 Å². The summed E-state index contributed by atoms with van der Waals surface area (Å²) in [7, 11) is -8.73. The van der Waals surface area contributed by atoms with Gasteiger partial charge in [-0.3, -0.25) is 14.5 Å². The minimum Gasteiger partial charge on any atom is -0.379 e. The highest BCUT2D eigenvalue weighted by molar-refractivity contribution is 8.13. The van der Waals surface area contributed by atoms with Crippen molar-refractivity contribution in [3.05, 3.63) is 71.5 Å². The fourth-order valence-electron chi connectivity index (χ4n) is 5.85. The van der Waals surface area contributed by atoms with E-state index in [2.05, 4.69) is 9.48 Å². The van der Waals surface area contributed by atoms with Gasteiger partial charge in [0.1, 0.15) is 6.54 Å². The summed E-state index contributed by atoms with van der Waals surface area (Å²) in [6, 6.07) is 9.27. The maximum Gasteiger partial charge on any atom is 0.294 e. The number of nitrogens with zero attached hydrogens (tertiary/aromatic N) is 2. The molecule has 0 saturated heterocycles. The summed E-state index contributed by atoms with van der Waals surface area (Å²) in [6.07, 6.45) is 6.66. The lowest BCUT2D eigenvalue weighted by atomic mass is 9.81. The van der Waals surface area contributed by atoms with Gasteiger partial charge < -0.3 is 10.6 Å². The average Bonchev–Trinajstić information content (AvgIpc) is 3.23. The molecule has 42 heavy (non-hydrogen) atoms. The third-order valence-corrected chi connectivity index (χ3v) is 10.4. The van der Waals surface area contributed by atoms with Crippen molar-refractivity contribution >= 4 is 54.3 Å². The first-order valence-electron chi connectivity index (χ1n) is 13.4. The molecule has 0 amide bonds. The van der Waals surface area contributed by atoms with Crippen LogP contribution in [0.5, 0.6) is 0 Å². The minimum absolute atomic E-state index is 0.0510. The van der Waals surface area contributed by atoms with Gasteiger partial charge in [-0.25, -0.2) is 0 Å². The van der Waals surface area contributed by atoms with E-state index in [1.54, 1.807) is 12.1 Å². The molecule has 0 fully saturated rings. The molecule has 10 nitrogen and oxygen atoms in total. The van der Waals surface area contributed by atoms with Gasteiger partial charge in [-0.1, -0.05) is 31.7 Å². The number of amidine groups is 1. The van der Waals surface area contributed by atoms with Gasteiger partial charge in [0.15, 0.2) is 10.9 Å². The van der Waals surface area contributed by atoms with Crippen molar-refractivity contribution in [3.63, 3.8) is 0 Å². The van der Waals surface area contributed by atoms with Crippen molar-refractivity contribution in [1.82, 2.24) is 0 Å². The smallest absolute Gasteiger partial charge is 0.294 e. The average molecular weight is 634 g/mol. The lowest BCUT2D eigenvalue weighted by Crippen LogP contribution is -2.28. The number of hydrogen-bond donors (Lipinski definition) is 4. The zero-order valence-electron chi connectivity index (χ0n) is 24.2. The Labute approximate surface area is 252 Å². The molecular weight excluding hydrogens is 597 g/mol. The van der Waals surface area contributed by atoms with Crippen molar-refractivity contribution in [1.29, 1.82) is 5.41 Å². The van der Waals surface area contributed by atoms with Crippen LogP contribution in [0.25, 0.3) is 0 Å². The quantitative estimate of drug-likeness (QED) is 0.0995. The third kappa shape index (κ3) is 5.93. The van der Waals surface area contributed by atoms with Crippen molar-refractivity contribution < 1.29 is 30.5 Å². The monoisotopic (exact) mass is 633 g/mol. The molecule has 13 heteroatoms. The summed E-state index contributed by atoms with van der Waals surface area (Å²) in [5.41, 5.74) is 9.52. The first kappa shape index (κ1) is 32.0. The number of rotatable bonds is 9. The van der Waals surface area contributed by atoms with Crippen LogP contribution in [0.4, 0.5) is 11.4 Å². The van der Waals surface area contributed by atoms with E-state index in [1.165, 1.54) is 36.0 Å². The SMILES string of the molecule is CCN1/C(=C/C=C/C2=[N+](CCCSC(=N)N)c3ccc(S(=O)(=O)O)cc3C2(C)C)C(C)(C)c2cc(S(=O)(=O)O)ccc21. The second-order valence-corrected chi connectivity index (χ2v) is 15.3. The van der Waals surface area contributed by atoms with Crippen LogP contribution < -0.4 is 10.6 Å². The molecule has 0 spiro atoms. The topological polar surface area (TPSA) is 165 Å². The zero-order valence-corrected chi connectivity index (χ0v) is 26.7. The van der Waals surface area contributed by atoms with Crippen LogP contribution in [0.3, 0.4) is 0 Å². The Morgan fingerprint density at radius 1 is 1.00 bits per heavy atom. The molecular formula is C29H37N4O6S3+. The van der Waals surface area contributed by atoms with Gasteiger partial charge in [-0.05, 0) is 62.7 Å². The predicted molar refractivity (Wildman–Crippen MR) is 168 cm³/mol. The lowest BCUT2D eigenvalue weighted by molar-refractivity contribution is -0.437. The maximum absolute atomic E-state index is 11.9. The molecule has 0 aliphatic carbocycles. The Bertz CT molecular complexity index is 1760. The van der Waals surface area contributed by atoms with E-state index in [0.29, 0.717) is 18.8 Å². The van der Waals surface area contributed by atoms with Crippen LogP contribution in [0.15, 0.2) is 70.1 Å². The number of fused-ring (bicyclic) bond motifs is 2. The highest BCUT2D eigenvalue weighted by Crippen LogP contribution is 2.48. The van der Waals surface area contributed by atoms with Gasteiger partial charge in [0.2, 0.25) is 5.69 Å². The van der Waals surface area contributed by atoms with Crippen LogP contribution >= 0.6 is 11.8 Å². The number of likely N-dealkylation sites (N-methyl/N-ethyl adjacent to an activating group) is 1. The van der Waals surface area contributed by atoms with Gasteiger partial charge in [-0.2, -0.15) is 21.4 Å². The summed E-state index contributed by atoms with van der Waals surface area (Å²) < 4.78 is 68.9. The third-order valence-electron chi connectivity index (χ3n) is 7.93. The number of benzene rings is 2. The fraction of sp³-hybridized carbons (Fsp3) is 0.379. The first-order valence-corrected chi connectivity index (χ1v) is 17.3. The molecule has 226 valence electrons. The van der Waals surface area contributed by atoms with E-state index in [4.69, 9.17) is 11.1 Å². The largest absolute Gasteiger partial charge is 0.379 e. The Hall–Kier alpha value is -2.97. The Balaban J connectivity index is 1.77. The van der Waals surface area contributed by atoms with Gasteiger partial charge >= 0.3 is 0 Å². The van der Waals surface area contributed by atoms with E-state index in [1.807, 2.05) is 52.8 Å². The molecule has 2 aliphatic rings. The highest BCUT2D eigenvalue weighted by atomic mass is 32.2. The molecule has 4 rings (SSSR count). The molecule has 0 unspecified atom stereocenters. The predicted octanol–water partition coefficient (Wildman–Crippen LogP) is 4.83. The Kier molecular flexibility index (Phi) is 8.57. The molecule has 0 saturated carbocycles. The van der Waals surface area contributed by atoms with Gasteiger partial charge in [0, 0.05) is 53.2 Å². The summed E-state index contributed by atoms with van der Waals surface area (Å²) in [5.74, 6) is 0.648. The van der Waals surface area contributed by atoms with Crippen LogP contribution in [0.2, 0.25) is 0 Å². The highest BCUT2D eigenvalue weighted by Gasteiger charge is 2.45. The van der Waals surface area contributed by atoms with E-state index in [9.17, 15) is 25.9 Å². The van der Waals surface area contributed by atoms with Gasteiger partial charge in [-0.15, -0.1) is 0 Å². The summed E-state index contributed by atoms with van der Waals surface area (Å²) in [4.78, 5) is 1.80. The second-order valence-electron chi connectivity index (χ2n) is 11.3. The number of nitrogens with one attached hydrogen (secondary N) is 1. The maximum atomic E-state index is 11.9. The number of hydrogen-bond acceptors (Lipinski definition) is 7. The second kappa shape index (κ2) is 11.3. The van der Waals surface area contributed by atoms with Crippen LogP contribution in [-0.2, 0) is 31.1 Å². The van der Waals surface area contributed by atoms with E-state index in [-0.39, 0.29) is 15.0 Å². The molecule has 2 aliphatic heterocycles. The Morgan fingerprint density at radius 2 is 1.60 bits per heavy atom. The van der Waals surface area contributed by atoms with Crippen LogP contribution in [-0.4, -0.2) is 60.2 Å². The van der Waals surface area contributed by atoms with Crippen molar-refractivity contribution in [2.24, 2.45) is 5.73 Å². The molecule has 0 aromatic heterocycles. The van der Waals surface area contributed by atoms with E-state index in [0.717, 1.165) is 40.3 Å². The molecule has 0 radical (unpaired) electrons. The number of thioether (sulfide) groups is 1. The first-order chi connectivity index (χ1) is 19.4. The van der Waals surface area contributed by atoms with Crippen LogP contribution in [0.1, 0.15) is 52.2 Å². The number of allylic oxidation sites excluding steroid dienone is 4.